The molecule has 3 atom stereocenters. The summed E-state index contributed by atoms with van der Waals surface area (Å²) in [4.78, 5) is 16.1. The van der Waals surface area contributed by atoms with Crippen LogP contribution in [0.5, 0.6) is 0 Å². The van der Waals surface area contributed by atoms with Crippen LogP contribution in [-0.2, 0) is 14.3 Å². The summed E-state index contributed by atoms with van der Waals surface area (Å²) in [7, 11) is 0. The quantitative estimate of drug-likeness (QED) is 0.357. The predicted octanol–water partition coefficient (Wildman–Crippen LogP) is -1.11. The molecule has 0 spiro atoms. The normalized spacial score (nSPS) is 32.6. The van der Waals surface area contributed by atoms with Gasteiger partial charge in [0.15, 0.2) is 5.62 Å². The highest BCUT2D eigenvalue weighted by Gasteiger charge is 2.40. The summed E-state index contributed by atoms with van der Waals surface area (Å²) in [5, 5.41) is 13.2. The fourth-order valence-electron chi connectivity index (χ4n) is 3.64. The lowest BCUT2D eigenvalue weighted by atomic mass is 10.1. The Morgan fingerprint density at radius 1 is 1.23 bits per heavy atom. The Morgan fingerprint density at radius 2 is 1.96 bits per heavy atom. The number of carbonyl (C=O) groups is 1. The van der Waals surface area contributed by atoms with Gasteiger partial charge >= 0.3 is 0 Å². The highest BCUT2D eigenvalue weighted by Crippen LogP contribution is 2.23. The summed E-state index contributed by atoms with van der Waals surface area (Å²) in [6.45, 7) is 8.24. The molecule has 2 saturated heterocycles. The van der Waals surface area contributed by atoms with Crippen molar-refractivity contribution in [1.29, 1.82) is 0 Å². The second-order valence-electron chi connectivity index (χ2n) is 7.34. The molecular formula is C16H27ClN6O3. The zero-order chi connectivity index (χ0) is 18.3. The first-order valence-electron chi connectivity index (χ1n) is 9.21. The van der Waals surface area contributed by atoms with Crippen LogP contribution in [0.25, 0.3) is 0 Å². The van der Waals surface area contributed by atoms with Gasteiger partial charge in [-0.25, -0.2) is 0 Å². The molecule has 4 heterocycles. The Kier molecular flexibility index (Phi) is 5.15. The molecule has 0 saturated carbocycles. The molecule has 0 radical (unpaired) electrons. The van der Waals surface area contributed by atoms with E-state index in [0.717, 1.165) is 37.8 Å². The van der Waals surface area contributed by atoms with Crippen molar-refractivity contribution in [1.82, 2.24) is 31.1 Å². The Bertz CT molecular complexity index is 576. The lowest BCUT2D eigenvalue weighted by molar-refractivity contribution is -0.155. The van der Waals surface area contributed by atoms with E-state index in [1.165, 1.54) is 0 Å². The van der Waals surface area contributed by atoms with Crippen molar-refractivity contribution in [3.05, 3.63) is 11.5 Å². The third-order valence-electron chi connectivity index (χ3n) is 5.07. The Labute approximate surface area is 158 Å². The summed E-state index contributed by atoms with van der Waals surface area (Å²) >= 11 is 6.31. The first-order valence-corrected chi connectivity index (χ1v) is 9.65. The predicted molar refractivity (Wildman–Crippen MR) is 95.5 cm³/mol. The molecule has 0 aromatic rings. The van der Waals surface area contributed by atoms with Gasteiger partial charge in [0.05, 0.1) is 25.0 Å². The highest BCUT2D eigenvalue weighted by atomic mass is 35.5. The minimum Gasteiger partial charge on any atom is -0.379 e. The van der Waals surface area contributed by atoms with E-state index in [1.807, 2.05) is 18.7 Å². The van der Waals surface area contributed by atoms with Crippen LogP contribution in [0.4, 0.5) is 0 Å². The molecule has 4 aliphatic rings. The lowest BCUT2D eigenvalue weighted by Gasteiger charge is -2.41. The zero-order valence-corrected chi connectivity index (χ0v) is 15.9. The minimum absolute atomic E-state index is 0.0147. The van der Waals surface area contributed by atoms with E-state index in [1.54, 1.807) is 0 Å². The molecule has 2 fully saturated rings. The second-order valence-corrected chi connectivity index (χ2v) is 7.77. The molecule has 4 aliphatic heterocycles. The minimum atomic E-state index is -0.363. The van der Waals surface area contributed by atoms with Gasteiger partial charge in [0.25, 0.3) is 0 Å². The van der Waals surface area contributed by atoms with Crippen LogP contribution in [0, 0.1) is 5.92 Å². The molecule has 0 aromatic carbocycles. The number of nitrogens with one attached hydrogen (secondary N) is 4. The standard InChI is InChI=1S/C16H27ClN6O3/c1-9(2)14(24)23-7-10(8-23)26-16-18-11-12(20-16)19-15(17)21-13(11)22-3-5-25-6-4-22/h9-10,13,15-16,18-21H,3-8H2,1-2H3. The summed E-state index contributed by atoms with van der Waals surface area (Å²) < 4.78 is 11.5. The summed E-state index contributed by atoms with van der Waals surface area (Å²) in [5.41, 5.74) is 0.640. The van der Waals surface area contributed by atoms with Gasteiger partial charge in [-0.15, -0.1) is 0 Å². The number of amides is 1. The maximum Gasteiger partial charge on any atom is 0.225 e. The second kappa shape index (κ2) is 7.40. The number of morpholine rings is 1. The highest BCUT2D eigenvalue weighted by molar-refractivity contribution is 6.20. The first kappa shape index (κ1) is 18.1. The van der Waals surface area contributed by atoms with Crippen LogP contribution in [-0.4, -0.2) is 79.3 Å². The molecule has 0 aliphatic carbocycles. The molecule has 0 bridgehead atoms. The Balaban J connectivity index is 1.32. The van der Waals surface area contributed by atoms with Gasteiger partial charge in [-0.3, -0.25) is 15.0 Å². The van der Waals surface area contributed by atoms with Crippen molar-refractivity contribution >= 4 is 17.5 Å². The summed E-state index contributed by atoms with van der Waals surface area (Å²) in [5.74, 6) is 1.07. The molecule has 9 nitrogen and oxygen atoms in total. The topological polar surface area (TPSA) is 90.1 Å². The van der Waals surface area contributed by atoms with Crippen LogP contribution in [0.3, 0.4) is 0 Å². The SMILES string of the molecule is CC(C)C(=O)N1CC(OC2NC3=C(N2)C(N2CCOCC2)NC(Cl)N3)C1. The molecule has 26 heavy (non-hydrogen) atoms. The van der Waals surface area contributed by atoms with Gasteiger partial charge in [0.2, 0.25) is 12.3 Å². The monoisotopic (exact) mass is 386 g/mol. The van der Waals surface area contributed by atoms with Gasteiger partial charge in [-0.05, 0) is 0 Å². The van der Waals surface area contributed by atoms with Crippen molar-refractivity contribution in [3.8, 4) is 0 Å². The van der Waals surface area contributed by atoms with Gasteiger partial charge in [-0.2, -0.15) is 0 Å². The number of ether oxygens (including phenoxy) is 2. The maximum absolute atomic E-state index is 11.9. The van der Waals surface area contributed by atoms with E-state index < -0.39 is 0 Å². The smallest absolute Gasteiger partial charge is 0.225 e. The van der Waals surface area contributed by atoms with E-state index in [2.05, 4.69) is 26.2 Å². The molecule has 146 valence electrons. The third kappa shape index (κ3) is 3.59. The first-order chi connectivity index (χ1) is 12.5. The zero-order valence-electron chi connectivity index (χ0n) is 15.1. The molecule has 10 heteroatoms. The molecular weight excluding hydrogens is 360 g/mol. The van der Waals surface area contributed by atoms with Gasteiger partial charge < -0.3 is 30.3 Å². The largest absolute Gasteiger partial charge is 0.379 e. The van der Waals surface area contributed by atoms with Crippen LogP contribution in [0.2, 0.25) is 0 Å². The van der Waals surface area contributed by atoms with E-state index in [0.29, 0.717) is 13.1 Å². The molecule has 4 rings (SSSR count). The summed E-state index contributed by atoms with van der Waals surface area (Å²) in [6.07, 6.45) is -0.314. The van der Waals surface area contributed by atoms with Gasteiger partial charge in [0.1, 0.15) is 12.0 Å². The molecule has 3 unspecified atom stereocenters. The van der Waals surface area contributed by atoms with Crippen molar-refractivity contribution in [3.63, 3.8) is 0 Å². The summed E-state index contributed by atoms with van der Waals surface area (Å²) in [6, 6.07) is 0. The molecule has 0 aromatic heterocycles. The number of carbonyl (C=O) groups excluding carboxylic acids is 1. The fourth-order valence-corrected chi connectivity index (χ4v) is 3.87. The number of halogens is 1. The van der Waals surface area contributed by atoms with Crippen molar-refractivity contribution < 1.29 is 14.3 Å². The average molecular weight is 387 g/mol. The average Bonchev–Trinajstić information content (AvgIpc) is 2.99. The van der Waals surface area contributed by atoms with Crippen LogP contribution in [0.15, 0.2) is 11.5 Å². The van der Waals surface area contributed by atoms with Crippen molar-refractivity contribution in [2.24, 2.45) is 5.92 Å². The number of rotatable bonds is 4. The Morgan fingerprint density at radius 3 is 2.65 bits per heavy atom. The number of alkyl halides is 1. The number of hydrogen-bond donors (Lipinski definition) is 4. The van der Waals surface area contributed by atoms with E-state index in [-0.39, 0.29) is 36.1 Å². The van der Waals surface area contributed by atoms with Gasteiger partial charge in [-0.1, -0.05) is 25.4 Å². The number of hydrogen-bond acceptors (Lipinski definition) is 8. The molecule has 1 amide bonds. The van der Waals surface area contributed by atoms with Crippen molar-refractivity contribution in [2.45, 2.75) is 38.1 Å². The Hall–Kier alpha value is -1.26. The maximum atomic E-state index is 11.9. The van der Waals surface area contributed by atoms with E-state index >= 15 is 0 Å². The van der Waals surface area contributed by atoms with E-state index in [9.17, 15) is 4.79 Å². The number of likely N-dealkylation sites (tertiary alicyclic amines) is 1. The lowest BCUT2D eigenvalue weighted by Crippen LogP contribution is -2.60. The third-order valence-corrected chi connectivity index (χ3v) is 5.31. The fraction of sp³-hybridized carbons (Fsp3) is 0.812. The van der Waals surface area contributed by atoms with E-state index in [4.69, 9.17) is 21.1 Å². The van der Waals surface area contributed by atoms with Gasteiger partial charge in [0, 0.05) is 32.1 Å². The van der Waals surface area contributed by atoms with Crippen LogP contribution in [0.1, 0.15) is 13.8 Å². The van der Waals surface area contributed by atoms with Crippen LogP contribution < -0.4 is 21.3 Å². The number of nitrogens with zero attached hydrogens (tertiary/aromatic N) is 2. The molecule has 4 N–H and O–H groups in total. The van der Waals surface area contributed by atoms with Crippen molar-refractivity contribution in [2.75, 3.05) is 39.4 Å². The van der Waals surface area contributed by atoms with Crippen LogP contribution >= 0.6 is 11.6 Å².